The molecule has 0 aliphatic carbocycles. The number of benzene rings is 1. The van der Waals surface area contributed by atoms with Crippen molar-refractivity contribution in [1.29, 1.82) is 0 Å². The highest BCUT2D eigenvalue weighted by atomic mass is 79.9. The second-order valence-electron chi connectivity index (χ2n) is 3.31. The molecular weight excluding hydrogens is 310 g/mol. The van der Waals surface area contributed by atoms with E-state index in [1.807, 2.05) is 0 Å². The molecule has 0 bridgehead atoms. The summed E-state index contributed by atoms with van der Waals surface area (Å²) in [6.45, 7) is 1.68. The van der Waals surface area contributed by atoms with Crippen molar-refractivity contribution in [2.45, 2.75) is 6.92 Å². The third-order valence-electron chi connectivity index (χ3n) is 2.04. The molecule has 0 saturated heterocycles. The van der Waals surface area contributed by atoms with Gasteiger partial charge in [-0.1, -0.05) is 6.07 Å². The molecule has 0 N–H and O–H groups in total. The van der Waals surface area contributed by atoms with Crippen LogP contribution in [0.2, 0.25) is 5.28 Å². The highest BCUT2D eigenvalue weighted by Crippen LogP contribution is 2.28. The van der Waals surface area contributed by atoms with Crippen molar-refractivity contribution in [3.8, 4) is 11.6 Å². The minimum atomic E-state index is -0.334. The van der Waals surface area contributed by atoms with Crippen LogP contribution < -0.4 is 4.74 Å². The maximum Gasteiger partial charge on any atom is 0.237 e. The van der Waals surface area contributed by atoms with Gasteiger partial charge in [0.15, 0.2) is 0 Å². The van der Waals surface area contributed by atoms with E-state index in [2.05, 4.69) is 25.9 Å². The van der Waals surface area contributed by atoms with E-state index in [9.17, 15) is 4.39 Å². The first-order valence-corrected chi connectivity index (χ1v) is 5.85. The predicted molar refractivity (Wildman–Crippen MR) is 66.0 cm³/mol. The van der Waals surface area contributed by atoms with E-state index in [0.29, 0.717) is 15.8 Å². The van der Waals surface area contributed by atoms with Crippen molar-refractivity contribution in [2.24, 2.45) is 0 Å². The number of hydrogen-bond acceptors (Lipinski definition) is 3. The van der Waals surface area contributed by atoms with E-state index in [1.165, 1.54) is 12.3 Å². The second kappa shape index (κ2) is 4.98. The van der Waals surface area contributed by atoms with Gasteiger partial charge in [0.05, 0.1) is 4.47 Å². The van der Waals surface area contributed by atoms with Crippen molar-refractivity contribution in [3.05, 3.63) is 45.5 Å². The Morgan fingerprint density at radius 1 is 1.41 bits per heavy atom. The number of aryl methyl sites for hydroxylation is 1. The van der Waals surface area contributed by atoms with E-state index in [-0.39, 0.29) is 17.0 Å². The summed E-state index contributed by atoms with van der Waals surface area (Å²) in [4.78, 5) is 7.65. The molecule has 88 valence electrons. The number of rotatable bonds is 2. The van der Waals surface area contributed by atoms with Crippen LogP contribution in [0.4, 0.5) is 4.39 Å². The first-order chi connectivity index (χ1) is 8.06. The van der Waals surface area contributed by atoms with Gasteiger partial charge in [-0.05, 0) is 46.1 Å². The highest BCUT2D eigenvalue weighted by molar-refractivity contribution is 9.10. The number of halogens is 3. The summed E-state index contributed by atoms with van der Waals surface area (Å²) in [6.07, 6.45) is 1.47. The van der Waals surface area contributed by atoms with E-state index >= 15 is 0 Å². The average Bonchev–Trinajstić information content (AvgIpc) is 2.29. The molecule has 0 saturated carbocycles. The lowest BCUT2D eigenvalue weighted by molar-refractivity contribution is 0.453. The monoisotopic (exact) mass is 316 g/mol. The summed E-state index contributed by atoms with van der Waals surface area (Å²) in [7, 11) is 0. The Morgan fingerprint density at radius 2 is 2.18 bits per heavy atom. The van der Waals surface area contributed by atoms with Gasteiger partial charge < -0.3 is 4.74 Å². The molecule has 17 heavy (non-hydrogen) atoms. The lowest BCUT2D eigenvalue weighted by atomic mass is 10.2. The maximum absolute atomic E-state index is 13.3. The molecule has 0 atom stereocenters. The lowest BCUT2D eigenvalue weighted by Gasteiger charge is -2.07. The van der Waals surface area contributed by atoms with Crippen LogP contribution >= 0.6 is 27.5 Å². The summed E-state index contributed by atoms with van der Waals surface area (Å²) in [6, 6.07) is 4.57. The average molecular weight is 318 g/mol. The molecule has 0 amide bonds. The normalized spacial score (nSPS) is 10.4. The summed E-state index contributed by atoms with van der Waals surface area (Å²) in [5.74, 6) is 0.260. The molecule has 0 unspecified atom stereocenters. The Hall–Kier alpha value is -1.20. The summed E-state index contributed by atoms with van der Waals surface area (Å²) in [5, 5.41) is 0.0655. The zero-order chi connectivity index (χ0) is 12.4. The van der Waals surface area contributed by atoms with Crippen molar-refractivity contribution in [2.75, 3.05) is 0 Å². The zero-order valence-corrected chi connectivity index (χ0v) is 11.1. The first-order valence-electron chi connectivity index (χ1n) is 4.68. The Kier molecular flexibility index (Phi) is 3.59. The van der Waals surface area contributed by atoms with Crippen LogP contribution in [0, 0.1) is 12.7 Å². The predicted octanol–water partition coefficient (Wildman–Crippen LogP) is 4.13. The molecule has 0 aliphatic heterocycles. The second-order valence-corrected chi connectivity index (χ2v) is 4.50. The van der Waals surface area contributed by atoms with Crippen LogP contribution in [0.1, 0.15) is 5.56 Å². The fourth-order valence-electron chi connectivity index (χ4n) is 1.15. The quantitative estimate of drug-likeness (QED) is 0.781. The van der Waals surface area contributed by atoms with E-state index in [0.717, 1.165) is 0 Å². The van der Waals surface area contributed by atoms with Crippen LogP contribution in [-0.4, -0.2) is 9.97 Å². The zero-order valence-electron chi connectivity index (χ0n) is 8.75. The Bertz CT molecular complexity index is 565. The van der Waals surface area contributed by atoms with Gasteiger partial charge in [0.25, 0.3) is 0 Å². The molecule has 1 aromatic heterocycles. The van der Waals surface area contributed by atoms with Crippen LogP contribution in [-0.2, 0) is 0 Å². The van der Waals surface area contributed by atoms with Crippen molar-refractivity contribution in [3.63, 3.8) is 0 Å². The molecular formula is C11H7BrClFN2O. The molecule has 2 rings (SSSR count). The lowest BCUT2D eigenvalue weighted by Crippen LogP contribution is -1.92. The van der Waals surface area contributed by atoms with Crippen LogP contribution in [0.3, 0.4) is 0 Å². The summed E-state index contributed by atoms with van der Waals surface area (Å²) in [5.41, 5.74) is 0.553. The number of hydrogen-bond donors (Lipinski definition) is 0. The highest BCUT2D eigenvalue weighted by Gasteiger charge is 2.08. The third kappa shape index (κ3) is 2.92. The molecule has 0 radical (unpaired) electrons. The first kappa shape index (κ1) is 12.3. The van der Waals surface area contributed by atoms with Crippen molar-refractivity contribution < 1.29 is 9.13 Å². The van der Waals surface area contributed by atoms with Crippen molar-refractivity contribution >= 4 is 27.5 Å². The smallest absolute Gasteiger partial charge is 0.237 e. The molecule has 2 aromatic rings. The van der Waals surface area contributed by atoms with Crippen LogP contribution in [0.5, 0.6) is 11.6 Å². The summed E-state index contributed by atoms with van der Waals surface area (Å²) < 4.78 is 19.3. The minimum Gasteiger partial charge on any atom is -0.438 e. The molecule has 0 spiro atoms. The van der Waals surface area contributed by atoms with E-state index in [1.54, 1.807) is 19.1 Å². The van der Waals surface area contributed by atoms with Gasteiger partial charge in [-0.25, -0.2) is 9.37 Å². The van der Waals surface area contributed by atoms with Crippen LogP contribution in [0.25, 0.3) is 0 Å². The van der Waals surface area contributed by atoms with Gasteiger partial charge in [-0.15, -0.1) is 0 Å². The number of aromatic nitrogens is 2. The molecule has 0 fully saturated rings. The van der Waals surface area contributed by atoms with Gasteiger partial charge in [-0.3, -0.25) is 0 Å². The molecule has 0 aliphatic rings. The van der Waals surface area contributed by atoms with Gasteiger partial charge in [0.2, 0.25) is 11.2 Å². The van der Waals surface area contributed by atoms with E-state index in [4.69, 9.17) is 16.3 Å². The number of ether oxygens (including phenoxy) is 1. The van der Waals surface area contributed by atoms with Gasteiger partial charge in [0, 0.05) is 12.3 Å². The largest absolute Gasteiger partial charge is 0.438 e. The Labute approximate surface area is 111 Å². The Morgan fingerprint density at radius 3 is 2.88 bits per heavy atom. The topological polar surface area (TPSA) is 35.0 Å². The summed E-state index contributed by atoms with van der Waals surface area (Å²) >= 11 is 8.86. The van der Waals surface area contributed by atoms with Gasteiger partial charge in [0.1, 0.15) is 11.6 Å². The van der Waals surface area contributed by atoms with E-state index < -0.39 is 0 Å². The number of nitrogens with zero attached hydrogens (tertiary/aromatic N) is 2. The van der Waals surface area contributed by atoms with Crippen LogP contribution in [0.15, 0.2) is 28.9 Å². The fraction of sp³-hybridized carbons (Fsp3) is 0.0909. The van der Waals surface area contributed by atoms with Gasteiger partial charge in [-0.2, -0.15) is 4.98 Å². The maximum atomic E-state index is 13.3. The standard InChI is InChI=1S/C11H7BrClFN2O/c1-6-2-3-7(4-9(6)14)17-10-8(12)5-15-11(13)16-10/h2-5H,1H3. The SMILES string of the molecule is Cc1ccc(Oc2nc(Cl)ncc2Br)cc1F. The molecule has 3 nitrogen and oxygen atoms in total. The molecule has 1 aromatic carbocycles. The minimum absolute atomic E-state index is 0.0655. The molecule has 1 heterocycles. The fourth-order valence-corrected chi connectivity index (χ4v) is 1.55. The molecule has 6 heteroatoms. The Balaban J connectivity index is 2.31. The third-order valence-corrected chi connectivity index (χ3v) is 2.77. The van der Waals surface area contributed by atoms with Gasteiger partial charge >= 0.3 is 0 Å². The van der Waals surface area contributed by atoms with Crippen molar-refractivity contribution in [1.82, 2.24) is 9.97 Å².